The molecule has 0 aliphatic heterocycles. The molecule has 0 bridgehead atoms. The van der Waals surface area contributed by atoms with E-state index >= 15 is 0 Å². The average Bonchev–Trinajstić information content (AvgIpc) is 2.59. The minimum absolute atomic E-state index is 0.312. The van der Waals surface area contributed by atoms with Gasteiger partial charge in [0.15, 0.2) is 0 Å². The van der Waals surface area contributed by atoms with Crippen molar-refractivity contribution in [2.45, 2.75) is 43.9 Å². The highest BCUT2D eigenvalue weighted by Crippen LogP contribution is 2.00. The van der Waals surface area contributed by atoms with E-state index in [1.54, 1.807) is 0 Å². The van der Waals surface area contributed by atoms with Crippen molar-refractivity contribution in [3.63, 3.8) is 0 Å². The molecule has 0 radical (unpaired) electrons. The molecule has 0 spiro atoms. The van der Waals surface area contributed by atoms with Crippen LogP contribution in [0.5, 0.6) is 0 Å². The second-order valence-corrected chi connectivity index (χ2v) is 5.61. The number of nitrogens with two attached hydrogens (primary N) is 1. The van der Waals surface area contributed by atoms with E-state index < -0.39 is 73.5 Å². The van der Waals surface area contributed by atoms with Crippen molar-refractivity contribution >= 4 is 29.7 Å². The Morgan fingerprint density at radius 3 is 1.67 bits per heavy atom. The van der Waals surface area contributed by atoms with Crippen LogP contribution in [0.2, 0.25) is 0 Å². The number of aliphatic carboxylic acids is 2. The smallest absolute Gasteiger partial charge is 0.328 e. The summed E-state index contributed by atoms with van der Waals surface area (Å²) in [5.74, 6) is -5.57. The third-order valence-corrected chi connectivity index (χ3v) is 3.31. The Hall–Kier alpha value is -2.77. The molecule has 0 aromatic heterocycles. The summed E-state index contributed by atoms with van der Waals surface area (Å²) in [7, 11) is 0. The van der Waals surface area contributed by atoms with Gasteiger partial charge in [-0.1, -0.05) is 0 Å². The van der Waals surface area contributed by atoms with Gasteiger partial charge >= 0.3 is 11.9 Å². The lowest BCUT2D eigenvalue weighted by atomic mass is 10.1. The molecule has 4 atom stereocenters. The van der Waals surface area contributed by atoms with Crippen LogP contribution in [0.15, 0.2) is 0 Å². The first-order valence-electron chi connectivity index (χ1n) is 7.86. The molecule has 27 heavy (non-hydrogen) atoms. The van der Waals surface area contributed by atoms with E-state index in [9.17, 15) is 29.1 Å². The second kappa shape index (κ2) is 11.8. The van der Waals surface area contributed by atoms with Crippen LogP contribution >= 0.6 is 0 Å². The van der Waals surface area contributed by atoms with Crippen molar-refractivity contribution in [2.75, 3.05) is 13.2 Å². The van der Waals surface area contributed by atoms with Gasteiger partial charge in [0.05, 0.1) is 19.3 Å². The maximum Gasteiger partial charge on any atom is 0.328 e. The maximum atomic E-state index is 12.3. The predicted molar refractivity (Wildman–Crippen MR) is 88.1 cm³/mol. The van der Waals surface area contributed by atoms with Crippen LogP contribution in [-0.2, 0) is 24.0 Å². The Kier molecular flexibility index (Phi) is 10.6. The molecule has 9 N–H and O–H groups in total. The van der Waals surface area contributed by atoms with Crippen molar-refractivity contribution in [1.82, 2.24) is 16.0 Å². The highest BCUT2D eigenvalue weighted by Gasteiger charge is 2.29. The predicted octanol–water partition coefficient (Wildman–Crippen LogP) is -4.28. The first-order chi connectivity index (χ1) is 12.5. The lowest BCUT2D eigenvalue weighted by Crippen LogP contribution is -2.58. The molecule has 0 saturated carbocycles. The molecule has 0 rings (SSSR count). The molecule has 4 unspecified atom stereocenters. The van der Waals surface area contributed by atoms with Crippen LogP contribution < -0.4 is 21.7 Å². The fraction of sp³-hybridized carbons (Fsp3) is 0.643. The van der Waals surface area contributed by atoms with Gasteiger partial charge in [-0.2, -0.15) is 0 Å². The molecule has 0 heterocycles. The zero-order valence-corrected chi connectivity index (χ0v) is 14.5. The number of amides is 3. The van der Waals surface area contributed by atoms with E-state index in [0.29, 0.717) is 0 Å². The van der Waals surface area contributed by atoms with Crippen LogP contribution in [0, 0.1) is 0 Å². The molecule has 13 heteroatoms. The van der Waals surface area contributed by atoms with Crippen LogP contribution in [0.25, 0.3) is 0 Å². The molecular formula is C14H24N4O9. The molecule has 0 saturated heterocycles. The quantitative estimate of drug-likeness (QED) is 0.159. The minimum Gasteiger partial charge on any atom is -0.481 e. The fourth-order valence-corrected chi connectivity index (χ4v) is 1.76. The molecule has 0 aliphatic rings. The first-order valence-corrected chi connectivity index (χ1v) is 7.86. The molecule has 3 amide bonds. The molecule has 0 aliphatic carbocycles. The molecule has 154 valence electrons. The molecule has 0 aromatic carbocycles. The molecule has 13 nitrogen and oxygen atoms in total. The van der Waals surface area contributed by atoms with Gasteiger partial charge < -0.3 is 42.1 Å². The van der Waals surface area contributed by atoms with E-state index in [2.05, 4.69) is 10.6 Å². The van der Waals surface area contributed by atoms with Crippen LogP contribution in [0.3, 0.4) is 0 Å². The number of carbonyl (C=O) groups is 5. The number of carbonyl (C=O) groups excluding carboxylic acids is 3. The Balaban J connectivity index is 5.10. The summed E-state index contributed by atoms with van der Waals surface area (Å²) in [6.45, 7) is -0.493. The number of aliphatic hydroxyl groups is 2. The largest absolute Gasteiger partial charge is 0.481 e. The Bertz CT molecular complexity index is 567. The second-order valence-electron chi connectivity index (χ2n) is 5.61. The summed E-state index contributed by atoms with van der Waals surface area (Å²) in [4.78, 5) is 57.4. The molecular weight excluding hydrogens is 368 g/mol. The van der Waals surface area contributed by atoms with Gasteiger partial charge in [-0.3, -0.25) is 19.2 Å². The highest BCUT2D eigenvalue weighted by molar-refractivity contribution is 5.94. The number of hydrogen-bond donors (Lipinski definition) is 8. The van der Waals surface area contributed by atoms with Crippen molar-refractivity contribution in [2.24, 2.45) is 5.73 Å². The van der Waals surface area contributed by atoms with Crippen molar-refractivity contribution < 1.29 is 44.4 Å². The third-order valence-electron chi connectivity index (χ3n) is 3.31. The summed E-state index contributed by atoms with van der Waals surface area (Å²) in [6, 6.07) is -5.58. The average molecular weight is 392 g/mol. The van der Waals surface area contributed by atoms with E-state index in [-0.39, 0.29) is 6.42 Å². The topological polar surface area (TPSA) is 228 Å². The summed E-state index contributed by atoms with van der Waals surface area (Å²) in [5.41, 5.74) is 5.37. The van der Waals surface area contributed by atoms with Crippen LogP contribution in [-0.4, -0.2) is 87.5 Å². The SMILES string of the molecule is CC(N)C(=O)NC(CCC(=O)O)C(=O)NC(CO)C(=O)NC(CO)C(=O)O. The standard InChI is InChI=1S/C14H24N4O9/c1-6(15)11(23)16-7(2-3-10(21)22)12(24)17-8(4-19)13(25)18-9(5-20)14(26)27/h6-9,19-20H,2-5,15H2,1H3,(H,16,23)(H,17,24)(H,18,25)(H,21,22)(H,26,27). The number of aliphatic hydroxyl groups excluding tert-OH is 2. The summed E-state index contributed by atoms with van der Waals surface area (Å²) < 4.78 is 0. The third kappa shape index (κ3) is 8.94. The number of nitrogens with one attached hydrogen (secondary N) is 3. The van der Waals surface area contributed by atoms with Gasteiger partial charge in [0.2, 0.25) is 17.7 Å². The van der Waals surface area contributed by atoms with Crippen molar-refractivity contribution in [3.8, 4) is 0 Å². The van der Waals surface area contributed by atoms with E-state index in [1.807, 2.05) is 5.32 Å². The van der Waals surface area contributed by atoms with Crippen LogP contribution in [0.1, 0.15) is 19.8 Å². The zero-order chi connectivity index (χ0) is 21.1. The van der Waals surface area contributed by atoms with Gasteiger partial charge in [0.1, 0.15) is 18.1 Å². The fourth-order valence-electron chi connectivity index (χ4n) is 1.76. The van der Waals surface area contributed by atoms with Crippen molar-refractivity contribution in [3.05, 3.63) is 0 Å². The number of carboxylic acid groups (broad SMARTS) is 2. The van der Waals surface area contributed by atoms with Gasteiger partial charge in [0, 0.05) is 6.42 Å². The summed E-state index contributed by atoms with van der Waals surface area (Å²) in [6.07, 6.45) is -0.785. The van der Waals surface area contributed by atoms with E-state index in [4.69, 9.17) is 21.1 Å². The van der Waals surface area contributed by atoms with Gasteiger partial charge in [-0.05, 0) is 13.3 Å². The monoisotopic (exact) mass is 392 g/mol. The van der Waals surface area contributed by atoms with Gasteiger partial charge in [-0.15, -0.1) is 0 Å². The van der Waals surface area contributed by atoms with Crippen LogP contribution in [0.4, 0.5) is 0 Å². The van der Waals surface area contributed by atoms with Gasteiger partial charge in [-0.25, -0.2) is 4.79 Å². The summed E-state index contributed by atoms with van der Waals surface area (Å²) in [5, 5.41) is 41.9. The lowest BCUT2D eigenvalue weighted by Gasteiger charge is -2.23. The van der Waals surface area contributed by atoms with E-state index in [1.165, 1.54) is 6.92 Å². The number of hydrogen-bond acceptors (Lipinski definition) is 8. The maximum absolute atomic E-state index is 12.3. The van der Waals surface area contributed by atoms with Gasteiger partial charge in [0.25, 0.3) is 0 Å². The Labute approximate surface area is 153 Å². The Morgan fingerprint density at radius 1 is 0.815 bits per heavy atom. The van der Waals surface area contributed by atoms with Crippen molar-refractivity contribution in [1.29, 1.82) is 0 Å². The number of rotatable bonds is 12. The molecule has 0 aromatic rings. The Morgan fingerprint density at radius 2 is 1.26 bits per heavy atom. The first kappa shape index (κ1) is 24.2. The number of carboxylic acids is 2. The zero-order valence-electron chi connectivity index (χ0n) is 14.5. The lowest BCUT2D eigenvalue weighted by molar-refractivity contribution is -0.143. The highest BCUT2D eigenvalue weighted by atomic mass is 16.4. The summed E-state index contributed by atoms with van der Waals surface area (Å²) >= 11 is 0. The van der Waals surface area contributed by atoms with E-state index in [0.717, 1.165) is 0 Å². The normalized spacial score (nSPS) is 15.0. The molecule has 0 fully saturated rings. The minimum atomic E-state index is -1.65.